The third kappa shape index (κ3) is 13.1. The van der Waals surface area contributed by atoms with Crippen LogP contribution in [0.2, 0.25) is 0 Å². The number of methoxy groups -OCH3 is 2. The van der Waals surface area contributed by atoms with Gasteiger partial charge in [0.05, 0.1) is 49.8 Å². The average Bonchev–Trinajstić information content (AvgIpc) is 3.69. The van der Waals surface area contributed by atoms with Crippen molar-refractivity contribution in [3.63, 3.8) is 0 Å². The molecule has 2 aliphatic heterocycles. The second-order valence-corrected chi connectivity index (χ2v) is 17.3. The molecule has 0 saturated carbocycles. The summed E-state index contributed by atoms with van der Waals surface area (Å²) in [6.45, 7) is 17.9. The molecule has 2 heterocycles. The van der Waals surface area contributed by atoms with E-state index in [4.69, 9.17) is 14.3 Å². The van der Waals surface area contributed by atoms with Crippen molar-refractivity contribution in [2.24, 2.45) is 35.5 Å². The molecular weight excluding hydrogens is 739 g/mol. The Labute approximate surface area is 348 Å². The van der Waals surface area contributed by atoms with Crippen LogP contribution in [0, 0.1) is 35.5 Å². The van der Waals surface area contributed by atoms with E-state index in [-0.39, 0.29) is 78.4 Å². The van der Waals surface area contributed by atoms with Crippen molar-refractivity contribution >= 4 is 29.3 Å². The third-order valence-electron chi connectivity index (χ3n) is 12.7. The lowest BCUT2D eigenvalue weighted by Crippen LogP contribution is -2.55. The molecule has 9 atom stereocenters. The molecular formula is C45H75N5O8. The van der Waals surface area contributed by atoms with E-state index in [1.165, 1.54) is 7.11 Å². The zero-order chi connectivity index (χ0) is 43.1. The van der Waals surface area contributed by atoms with Crippen LogP contribution in [0.25, 0.3) is 0 Å². The van der Waals surface area contributed by atoms with E-state index in [1.54, 1.807) is 26.2 Å². The fourth-order valence-electron chi connectivity index (χ4n) is 9.27. The highest BCUT2D eigenvalue weighted by atomic mass is 16.6. The second-order valence-electron chi connectivity index (χ2n) is 17.3. The second kappa shape index (κ2) is 24.1. The summed E-state index contributed by atoms with van der Waals surface area (Å²) in [6, 6.07) is 8.53. The molecule has 2 fully saturated rings. The maximum absolute atomic E-state index is 14.5. The summed E-state index contributed by atoms with van der Waals surface area (Å²) in [5.41, 5.74) is 3.33. The molecule has 3 amide bonds. The number of nitrogens with zero attached hydrogens (tertiary/aromatic N) is 3. The Morgan fingerprint density at radius 2 is 1.52 bits per heavy atom. The van der Waals surface area contributed by atoms with Gasteiger partial charge in [-0.1, -0.05) is 85.2 Å². The van der Waals surface area contributed by atoms with Gasteiger partial charge in [-0.3, -0.25) is 33.7 Å². The zero-order valence-electron chi connectivity index (χ0n) is 37.3. The van der Waals surface area contributed by atoms with Crippen LogP contribution < -0.4 is 10.8 Å². The Bertz CT molecular complexity index is 1450. The first-order valence-corrected chi connectivity index (χ1v) is 21.6. The Morgan fingerprint density at radius 1 is 0.862 bits per heavy atom. The average molecular weight is 814 g/mol. The Kier molecular flexibility index (Phi) is 20.4. The van der Waals surface area contributed by atoms with Crippen molar-refractivity contribution in [2.75, 3.05) is 61.1 Å². The maximum Gasteiger partial charge on any atom is 0.247 e. The van der Waals surface area contributed by atoms with Gasteiger partial charge >= 0.3 is 0 Å². The fourth-order valence-corrected chi connectivity index (χ4v) is 9.27. The Balaban J connectivity index is 1.78. The molecule has 3 rings (SSSR count). The number of hydrogen-bond donors (Lipinski definition) is 2. The van der Waals surface area contributed by atoms with Crippen molar-refractivity contribution in [1.29, 1.82) is 0 Å². The lowest BCUT2D eigenvalue weighted by Gasteiger charge is -2.41. The number of carbonyl (C=O) groups excluding carboxylic acids is 5. The SMILES string of the molecule is CC[C@H](C)[C@@H](C(CC(=O)N1CCC[C@H]1[C@H](OC)[C@@H](C)C(=O)C[C@@H](Cc1ccccc1)C(=O)NOC)OC)N(C)C(=O)[C@@H](CC(=O)[C@H](C(C)C)N1CCNCC1)C(C)C. The van der Waals surface area contributed by atoms with E-state index in [0.717, 1.165) is 44.6 Å². The number of hydroxylamine groups is 1. The van der Waals surface area contributed by atoms with E-state index < -0.39 is 36.0 Å². The minimum absolute atomic E-state index is 0.00245. The first kappa shape index (κ1) is 49.1. The topological polar surface area (TPSA) is 147 Å². The molecule has 58 heavy (non-hydrogen) atoms. The number of piperazine rings is 1. The molecule has 13 nitrogen and oxygen atoms in total. The molecule has 13 heteroatoms. The van der Waals surface area contributed by atoms with E-state index in [2.05, 4.69) is 43.4 Å². The molecule has 0 aromatic heterocycles. The molecule has 1 unspecified atom stereocenters. The van der Waals surface area contributed by atoms with Gasteiger partial charge in [-0.15, -0.1) is 0 Å². The Hall–Kier alpha value is -3.23. The van der Waals surface area contributed by atoms with Gasteiger partial charge in [0.15, 0.2) is 5.78 Å². The van der Waals surface area contributed by atoms with Gasteiger partial charge in [0, 0.05) is 78.7 Å². The van der Waals surface area contributed by atoms with Gasteiger partial charge < -0.3 is 24.6 Å². The van der Waals surface area contributed by atoms with Gasteiger partial charge in [-0.2, -0.15) is 0 Å². The van der Waals surface area contributed by atoms with E-state index in [0.29, 0.717) is 19.4 Å². The summed E-state index contributed by atoms with van der Waals surface area (Å²) in [4.78, 5) is 80.4. The summed E-state index contributed by atoms with van der Waals surface area (Å²) in [5, 5.41) is 3.37. The number of hydrogen-bond acceptors (Lipinski definition) is 10. The minimum atomic E-state index is -0.645. The van der Waals surface area contributed by atoms with Crippen molar-refractivity contribution in [3.8, 4) is 0 Å². The summed E-state index contributed by atoms with van der Waals surface area (Å²) in [7, 11) is 6.31. The summed E-state index contributed by atoms with van der Waals surface area (Å²) in [6.07, 6.45) is 1.54. The van der Waals surface area contributed by atoms with Gasteiger partial charge in [-0.25, -0.2) is 5.48 Å². The first-order chi connectivity index (χ1) is 27.6. The number of Topliss-reactive ketones (excluding diaryl/α,β-unsaturated/α-hetero) is 2. The molecule has 2 saturated heterocycles. The third-order valence-corrected chi connectivity index (χ3v) is 12.7. The molecule has 0 spiro atoms. The number of rotatable bonds is 24. The molecule has 0 bridgehead atoms. The zero-order valence-corrected chi connectivity index (χ0v) is 37.3. The van der Waals surface area contributed by atoms with Crippen LogP contribution >= 0.6 is 0 Å². The van der Waals surface area contributed by atoms with Crippen molar-refractivity contribution < 1.29 is 38.3 Å². The van der Waals surface area contributed by atoms with E-state index in [1.807, 2.05) is 56.0 Å². The lowest BCUT2D eigenvalue weighted by molar-refractivity contribution is -0.149. The van der Waals surface area contributed by atoms with Crippen LogP contribution in [0.15, 0.2) is 30.3 Å². The maximum atomic E-state index is 14.5. The number of likely N-dealkylation sites (tertiary alicyclic amines) is 1. The lowest BCUT2D eigenvalue weighted by atomic mass is 9.83. The van der Waals surface area contributed by atoms with E-state index in [9.17, 15) is 24.0 Å². The van der Waals surface area contributed by atoms with Gasteiger partial charge in [-0.05, 0) is 42.6 Å². The van der Waals surface area contributed by atoms with Crippen LogP contribution in [0.4, 0.5) is 0 Å². The molecule has 2 N–H and O–H groups in total. The van der Waals surface area contributed by atoms with Crippen LogP contribution in [-0.4, -0.2) is 135 Å². The molecule has 1 aromatic carbocycles. The number of nitrogens with one attached hydrogen (secondary N) is 2. The fraction of sp³-hybridized carbons (Fsp3) is 0.756. The first-order valence-electron chi connectivity index (χ1n) is 21.6. The highest BCUT2D eigenvalue weighted by molar-refractivity contribution is 5.90. The molecule has 2 aliphatic rings. The number of carbonyl (C=O) groups is 5. The van der Waals surface area contributed by atoms with Crippen LogP contribution in [-0.2, 0) is 44.7 Å². The Morgan fingerprint density at radius 3 is 2.07 bits per heavy atom. The summed E-state index contributed by atoms with van der Waals surface area (Å²) >= 11 is 0. The molecule has 0 aliphatic carbocycles. The standard InChI is InChI=1S/C45H75N5O8/c1-12-31(6)42(48(8)45(55)35(29(2)3)27-38(52)41(30(4)5)49-23-20-46-21-24-49)39(56-9)28-40(53)50-22-16-19-36(50)43(57-10)32(7)37(51)26-34(44(54)47-58-11)25-33-17-14-13-15-18-33/h13-15,17-18,29-32,34-36,39,41-43,46H,12,16,19-28H2,1-11H3,(H,47,54)/t31-,32-,34+,35-,36-,39?,41-,42-,43+/m0/s1. The van der Waals surface area contributed by atoms with Crippen LogP contribution in [0.5, 0.6) is 0 Å². The van der Waals surface area contributed by atoms with Crippen molar-refractivity contribution in [3.05, 3.63) is 35.9 Å². The highest BCUT2D eigenvalue weighted by Crippen LogP contribution is 2.32. The van der Waals surface area contributed by atoms with Crippen molar-refractivity contribution in [2.45, 2.75) is 124 Å². The molecule has 328 valence electrons. The van der Waals surface area contributed by atoms with Crippen molar-refractivity contribution in [1.82, 2.24) is 25.5 Å². The quantitative estimate of drug-likeness (QED) is 0.143. The van der Waals surface area contributed by atoms with Crippen LogP contribution in [0.3, 0.4) is 0 Å². The number of ketones is 2. The number of benzene rings is 1. The number of ether oxygens (including phenoxy) is 2. The number of likely N-dealkylation sites (N-methyl/N-ethyl adjacent to an activating group) is 1. The minimum Gasteiger partial charge on any atom is -0.379 e. The molecule has 0 radical (unpaired) electrons. The smallest absolute Gasteiger partial charge is 0.247 e. The normalized spacial score (nSPS) is 20.5. The van der Waals surface area contributed by atoms with Crippen LogP contribution in [0.1, 0.15) is 92.6 Å². The predicted octanol–water partition coefficient (Wildman–Crippen LogP) is 4.56. The van der Waals surface area contributed by atoms with E-state index >= 15 is 0 Å². The summed E-state index contributed by atoms with van der Waals surface area (Å²) in [5.74, 6) is -2.34. The number of amides is 3. The summed E-state index contributed by atoms with van der Waals surface area (Å²) < 4.78 is 12.1. The molecule has 1 aromatic rings. The largest absolute Gasteiger partial charge is 0.379 e. The monoisotopic (exact) mass is 814 g/mol. The van der Waals surface area contributed by atoms with Gasteiger partial charge in [0.25, 0.3) is 0 Å². The van der Waals surface area contributed by atoms with Gasteiger partial charge in [0.2, 0.25) is 17.7 Å². The van der Waals surface area contributed by atoms with Gasteiger partial charge in [0.1, 0.15) is 5.78 Å². The predicted molar refractivity (Wildman–Crippen MR) is 226 cm³/mol. The highest BCUT2D eigenvalue weighted by Gasteiger charge is 2.43.